The van der Waals surface area contributed by atoms with Gasteiger partial charge in [0.25, 0.3) is 5.56 Å². The molecular formula is C18H22ClN3O4S. The molecule has 0 unspecified atom stereocenters. The van der Waals surface area contributed by atoms with Crippen LogP contribution in [0, 0.1) is 0 Å². The molecule has 1 saturated heterocycles. The number of halogens is 1. The van der Waals surface area contributed by atoms with E-state index in [0.717, 1.165) is 0 Å². The fourth-order valence-electron chi connectivity index (χ4n) is 3.47. The normalized spacial score (nSPS) is 19.9. The number of carbonyl (C=O) groups is 1. The molecule has 0 spiro atoms. The summed E-state index contributed by atoms with van der Waals surface area (Å²) < 4.78 is 25.0. The van der Waals surface area contributed by atoms with Crippen LogP contribution in [0.1, 0.15) is 26.7 Å². The third kappa shape index (κ3) is 4.16. The van der Waals surface area contributed by atoms with Crippen molar-refractivity contribution in [2.24, 2.45) is 0 Å². The summed E-state index contributed by atoms with van der Waals surface area (Å²) in [6.45, 7) is 3.65. The number of fused-ring (bicyclic) bond motifs is 1. The molecule has 2 aromatic rings. The van der Waals surface area contributed by atoms with E-state index in [4.69, 9.17) is 11.6 Å². The van der Waals surface area contributed by atoms with Gasteiger partial charge in [0.05, 0.1) is 28.7 Å². The third-order valence-corrected chi connectivity index (χ3v) is 7.03. The van der Waals surface area contributed by atoms with E-state index in [1.807, 2.05) is 13.8 Å². The van der Waals surface area contributed by atoms with E-state index in [-0.39, 0.29) is 41.6 Å². The Morgan fingerprint density at radius 3 is 2.81 bits per heavy atom. The van der Waals surface area contributed by atoms with Crippen LogP contribution in [0.3, 0.4) is 0 Å². The number of nitrogens with zero attached hydrogens (tertiary/aromatic N) is 3. The van der Waals surface area contributed by atoms with E-state index >= 15 is 0 Å². The first-order valence-corrected chi connectivity index (χ1v) is 11.1. The summed E-state index contributed by atoms with van der Waals surface area (Å²) in [5.74, 6) is -0.214. The summed E-state index contributed by atoms with van der Waals surface area (Å²) in [5, 5.41) is 0.763. The first kappa shape index (κ1) is 19.8. The Hall–Kier alpha value is -1.93. The minimum Gasteiger partial charge on any atom is -0.334 e. The average molecular weight is 412 g/mol. The Kier molecular flexibility index (Phi) is 5.58. The van der Waals surface area contributed by atoms with Gasteiger partial charge in [-0.25, -0.2) is 13.4 Å². The molecule has 2 atom stereocenters. The molecule has 27 heavy (non-hydrogen) atoms. The zero-order valence-corrected chi connectivity index (χ0v) is 16.8. The molecule has 7 nitrogen and oxygen atoms in total. The standard InChI is InChI=1S/C18H22ClN3O4S/c1-3-12(2)22(14-6-7-27(25,26)10-14)17(23)9-21-11-20-16-5-4-13(19)8-15(16)18(21)24/h4-5,8,11-12,14H,3,6-7,9-10H2,1-2H3/t12-,14-/m0/s1. The van der Waals surface area contributed by atoms with Crippen molar-refractivity contribution >= 4 is 38.2 Å². The smallest absolute Gasteiger partial charge is 0.261 e. The first-order chi connectivity index (χ1) is 12.7. The highest BCUT2D eigenvalue weighted by molar-refractivity contribution is 7.91. The van der Waals surface area contributed by atoms with E-state index in [2.05, 4.69) is 4.98 Å². The maximum absolute atomic E-state index is 13.0. The van der Waals surface area contributed by atoms with E-state index in [0.29, 0.717) is 28.8 Å². The van der Waals surface area contributed by atoms with Gasteiger partial charge in [0.15, 0.2) is 9.84 Å². The highest BCUT2D eigenvalue weighted by Gasteiger charge is 2.36. The lowest BCUT2D eigenvalue weighted by Gasteiger charge is -2.33. The molecule has 1 aliphatic rings. The summed E-state index contributed by atoms with van der Waals surface area (Å²) in [4.78, 5) is 31.5. The summed E-state index contributed by atoms with van der Waals surface area (Å²) in [7, 11) is -3.12. The van der Waals surface area contributed by atoms with Gasteiger partial charge in [-0.2, -0.15) is 0 Å². The molecule has 1 fully saturated rings. The van der Waals surface area contributed by atoms with Gasteiger partial charge in [-0.05, 0) is 38.0 Å². The Labute approximate surface area is 162 Å². The van der Waals surface area contributed by atoms with Crippen molar-refractivity contribution in [1.82, 2.24) is 14.5 Å². The van der Waals surface area contributed by atoms with E-state index in [9.17, 15) is 18.0 Å². The number of rotatable bonds is 5. The van der Waals surface area contributed by atoms with Crippen LogP contribution in [0.15, 0.2) is 29.3 Å². The predicted octanol–water partition coefficient (Wildman–Crippen LogP) is 1.86. The van der Waals surface area contributed by atoms with Crippen molar-refractivity contribution in [2.45, 2.75) is 45.3 Å². The Morgan fingerprint density at radius 1 is 1.44 bits per heavy atom. The zero-order chi connectivity index (χ0) is 19.8. The van der Waals surface area contributed by atoms with Crippen LogP contribution in [0.25, 0.3) is 10.9 Å². The number of hydrogen-bond acceptors (Lipinski definition) is 5. The minimum absolute atomic E-state index is 0.0242. The van der Waals surface area contributed by atoms with Crippen molar-refractivity contribution in [3.05, 3.63) is 39.9 Å². The van der Waals surface area contributed by atoms with Gasteiger partial charge in [-0.1, -0.05) is 18.5 Å². The molecule has 1 amide bonds. The first-order valence-electron chi connectivity index (χ1n) is 8.88. The molecule has 146 valence electrons. The van der Waals surface area contributed by atoms with E-state index < -0.39 is 9.84 Å². The molecule has 0 bridgehead atoms. The SMILES string of the molecule is CC[C@H](C)N(C(=O)Cn1cnc2ccc(Cl)cc2c1=O)[C@H]1CCS(=O)(=O)C1. The molecule has 2 heterocycles. The number of benzene rings is 1. The Bertz CT molecular complexity index is 1030. The fraction of sp³-hybridized carbons (Fsp3) is 0.500. The van der Waals surface area contributed by atoms with Crippen LogP contribution >= 0.6 is 11.6 Å². The number of sulfone groups is 1. The second-order valence-electron chi connectivity index (χ2n) is 6.95. The van der Waals surface area contributed by atoms with Crippen molar-refractivity contribution in [3.63, 3.8) is 0 Å². The van der Waals surface area contributed by atoms with Crippen LogP contribution in [0.2, 0.25) is 5.02 Å². The second kappa shape index (κ2) is 7.59. The largest absolute Gasteiger partial charge is 0.334 e. The van der Waals surface area contributed by atoms with Gasteiger partial charge >= 0.3 is 0 Å². The van der Waals surface area contributed by atoms with E-state index in [1.54, 1.807) is 17.0 Å². The topological polar surface area (TPSA) is 89.3 Å². The fourth-order valence-corrected chi connectivity index (χ4v) is 5.36. The van der Waals surface area contributed by atoms with Crippen LogP contribution in [-0.2, 0) is 21.2 Å². The van der Waals surface area contributed by atoms with Crippen LogP contribution < -0.4 is 5.56 Å². The number of carbonyl (C=O) groups excluding carboxylic acids is 1. The lowest BCUT2D eigenvalue weighted by atomic mass is 10.1. The average Bonchev–Trinajstić information content (AvgIpc) is 2.97. The molecule has 0 radical (unpaired) electrons. The summed E-state index contributed by atoms with van der Waals surface area (Å²) in [5.41, 5.74) is 0.160. The number of aromatic nitrogens is 2. The summed E-state index contributed by atoms with van der Waals surface area (Å²) in [6.07, 6.45) is 2.47. The highest BCUT2D eigenvalue weighted by atomic mass is 35.5. The van der Waals surface area contributed by atoms with Gasteiger partial charge in [-0.15, -0.1) is 0 Å². The van der Waals surface area contributed by atoms with Gasteiger partial charge in [0.2, 0.25) is 5.91 Å². The monoisotopic (exact) mass is 411 g/mol. The van der Waals surface area contributed by atoms with Crippen LogP contribution in [0.5, 0.6) is 0 Å². The molecule has 0 aliphatic carbocycles. The molecule has 1 aromatic carbocycles. The van der Waals surface area contributed by atoms with E-state index in [1.165, 1.54) is 17.0 Å². The highest BCUT2D eigenvalue weighted by Crippen LogP contribution is 2.22. The molecule has 0 N–H and O–H groups in total. The molecule has 9 heteroatoms. The van der Waals surface area contributed by atoms with Crippen molar-refractivity contribution in [2.75, 3.05) is 11.5 Å². The Morgan fingerprint density at radius 2 is 2.19 bits per heavy atom. The summed E-state index contributed by atoms with van der Waals surface area (Å²) >= 11 is 5.96. The molecular weight excluding hydrogens is 390 g/mol. The lowest BCUT2D eigenvalue weighted by molar-refractivity contribution is -0.136. The quantitative estimate of drug-likeness (QED) is 0.749. The number of amides is 1. The summed E-state index contributed by atoms with van der Waals surface area (Å²) in [6, 6.07) is 4.37. The zero-order valence-electron chi connectivity index (χ0n) is 15.3. The predicted molar refractivity (Wildman–Crippen MR) is 105 cm³/mol. The maximum Gasteiger partial charge on any atom is 0.261 e. The van der Waals surface area contributed by atoms with Gasteiger partial charge in [0.1, 0.15) is 6.54 Å². The molecule has 1 aromatic heterocycles. The number of hydrogen-bond donors (Lipinski definition) is 0. The molecule has 1 aliphatic heterocycles. The molecule has 0 saturated carbocycles. The van der Waals surface area contributed by atoms with Gasteiger partial charge < -0.3 is 4.90 Å². The van der Waals surface area contributed by atoms with Crippen LogP contribution in [0.4, 0.5) is 0 Å². The molecule has 3 rings (SSSR count). The minimum atomic E-state index is -3.12. The lowest BCUT2D eigenvalue weighted by Crippen LogP contribution is -2.48. The van der Waals surface area contributed by atoms with Crippen molar-refractivity contribution < 1.29 is 13.2 Å². The van der Waals surface area contributed by atoms with Crippen LogP contribution in [-0.4, -0.2) is 52.4 Å². The third-order valence-electron chi connectivity index (χ3n) is 5.05. The Balaban J connectivity index is 1.91. The maximum atomic E-state index is 13.0. The van der Waals surface area contributed by atoms with Crippen molar-refractivity contribution in [3.8, 4) is 0 Å². The second-order valence-corrected chi connectivity index (χ2v) is 9.62. The van der Waals surface area contributed by atoms with Gasteiger partial charge in [-0.3, -0.25) is 14.2 Å². The van der Waals surface area contributed by atoms with Gasteiger partial charge in [0, 0.05) is 17.1 Å². The van der Waals surface area contributed by atoms with Crippen molar-refractivity contribution in [1.29, 1.82) is 0 Å².